The van der Waals surface area contributed by atoms with Crippen LogP contribution < -0.4 is 5.43 Å². The molecule has 0 atom stereocenters. The van der Waals surface area contributed by atoms with Gasteiger partial charge in [-0.05, 0) is 32.9 Å². The molecule has 0 saturated carbocycles. The number of aryl methyl sites for hydroxylation is 1. The second kappa shape index (κ2) is 4.83. The molecule has 106 valence electrons. The van der Waals surface area contributed by atoms with Gasteiger partial charge in [0.15, 0.2) is 5.43 Å². The Balaban J connectivity index is 2.79. The molecule has 1 aromatic carbocycles. The lowest BCUT2D eigenvalue weighted by Gasteiger charge is -2.20. The van der Waals surface area contributed by atoms with E-state index in [9.17, 15) is 18.7 Å². The summed E-state index contributed by atoms with van der Waals surface area (Å²) in [5.74, 6) is -1.48. The van der Waals surface area contributed by atoms with Gasteiger partial charge in [0.05, 0.1) is 5.60 Å². The summed E-state index contributed by atoms with van der Waals surface area (Å²) in [6.45, 7) is 4.46. The summed E-state index contributed by atoms with van der Waals surface area (Å²) in [6.07, 6.45) is 1.28. The van der Waals surface area contributed by atoms with Crippen molar-refractivity contribution in [1.82, 2.24) is 4.57 Å². The van der Waals surface area contributed by atoms with E-state index < -0.39 is 17.2 Å². The Kier molecular flexibility index (Phi) is 3.48. The van der Waals surface area contributed by atoms with Crippen LogP contribution in [0.3, 0.4) is 0 Å². The van der Waals surface area contributed by atoms with E-state index in [0.717, 1.165) is 12.1 Å². The molecule has 0 fully saturated rings. The molecular formula is C15H15F2NO2. The van der Waals surface area contributed by atoms with Crippen molar-refractivity contribution in [1.29, 1.82) is 0 Å². The second-order valence-electron chi connectivity index (χ2n) is 5.19. The number of hydrogen-bond acceptors (Lipinski definition) is 2. The van der Waals surface area contributed by atoms with E-state index >= 15 is 0 Å². The molecule has 0 amide bonds. The Morgan fingerprint density at radius 2 is 1.75 bits per heavy atom. The molecule has 0 unspecified atom stereocenters. The lowest BCUT2D eigenvalue weighted by Crippen LogP contribution is -2.27. The summed E-state index contributed by atoms with van der Waals surface area (Å²) in [4.78, 5) is 11.9. The van der Waals surface area contributed by atoms with Crippen LogP contribution in [0.4, 0.5) is 8.78 Å². The highest BCUT2D eigenvalue weighted by Gasteiger charge is 2.22. The number of benzene rings is 1. The molecule has 0 radical (unpaired) electrons. The number of pyridine rings is 1. The Morgan fingerprint density at radius 3 is 2.25 bits per heavy atom. The monoisotopic (exact) mass is 279 g/mol. The summed E-state index contributed by atoms with van der Waals surface area (Å²) in [5.41, 5.74) is -1.58. The van der Waals surface area contributed by atoms with E-state index in [1.54, 1.807) is 6.92 Å². The van der Waals surface area contributed by atoms with Crippen molar-refractivity contribution in [3.05, 3.63) is 63.6 Å². The third-order valence-electron chi connectivity index (χ3n) is 3.08. The molecule has 0 aliphatic rings. The average molecular weight is 279 g/mol. The van der Waals surface area contributed by atoms with Gasteiger partial charge in [0.1, 0.15) is 17.3 Å². The fourth-order valence-electron chi connectivity index (χ4n) is 2.05. The van der Waals surface area contributed by atoms with Gasteiger partial charge in [-0.2, -0.15) is 0 Å². The molecule has 20 heavy (non-hydrogen) atoms. The zero-order valence-electron chi connectivity index (χ0n) is 11.4. The minimum absolute atomic E-state index is 0.0748. The Labute approximate surface area is 115 Å². The average Bonchev–Trinajstić information content (AvgIpc) is 2.29. The van der Waals surface area contributed by atoms with Crippen LogP contribution in [0, 0.1) is 18.6 Å². The first-order valence-corrected chi connectivity index (χ1v) is 6.12. The van der Waals surface area contributed by atoms with E-state index in [-0.39, 0.29) is 16.7 Å². The summed E-state index contributed by atoms with van der Waals surface area (Å²) in [6, 6.07) is 4.79. The van der Waals surface area contributed by atoms with Gasteiger partial charge in [0.2, 0.25) is 0 Å². The zero-order chi connectivity index (χ0) is 15.1. The van der Waals surface area contributed by atoms with Gasteiger partial charge in [-0.3, -0.25) is 4.79 Å². The SMILES string of the molecule is Cc1cc(=O)c(C(C)(C)O)cn1-c1c(F)cccc1F. The van der Waals surface area contributed by atoms with Crippen molar-refractivity contribution in [2.75, 3.05) is 0 Å². The number of aromatic nitrogens is 1. The van der Waals surface area contributed by atoms with Gasteiger partial charge >= 0.3 is 0 Å². The molecule has 2 aromatic rings. The van der Waals surface area contributed by atoms with Gasteiger partial charge in [0.25, 0.3) is 0 Å². The third-order valence-corrected chi connectivity index (χ3v) is 3.08. The van der Waals surface area contributed by atoms with Crippen molar-refractivity contribution >= 4 is 0 Å². The van der Waals surface area contributed by atoms with Crippen LogP contribution in [0.2, 0.25) is 0 Å². The highest BCUT2D eigenvalue weighted by Crippen LogP contribution is 2.22. The smallest absolute Gasteiger partial charge is 0.187 e. The first kappa shape index (κ1) is 14.4. The number of nitrogens with zero attached hydrogens (tertiary/aromatic N) is 1. The van der Waals surface area contributed by atoms with Gasteiger partial charge in [-0.25, -0.2) is 8.78 Å². The van der Waals surface area contributed by atoms with E-state index in [1.807, 2.05) is 0 Å². The van der Waals surface area contributed by atoms with E-state index in [0.29, 0.717) is 5.69 Å². The van der Waals surface area contributed by atoms with Crippen LogP contribution in [-0.2, 0) is 5.60 Å². The topological polar surface area (TPSA) is 42.2 Å². The molecule has 0 aliphatic carbocycles. The van der Waals surface area contributed by atoms with Gasteiger partial charge in [-0.15, -0.1) is 0 Å². The van der Waals surface area contributed by atoms with Crippen LogP contribution in [0.5, 0.6) is 0 Å². The molecule has 0 spiro atoms. The molecule has 0 bridgehead atoms. The minimum Gasteiger partial charge on any atom is -0.386 e. The summed E-state index contributed by atoms with van der Waals surface area (Å²) < 4.78 is 28.9. The van der Waals surface area contributed by atoms with Crippen molar-refractivity contribution < 1.29 is 13.9 Å². The largest absolute Gasteiger partial charge is 0.386 e. The predicted molar refractivity (Wildman–Crippen MR) is 71.9 cm³/mol. The molecule has 1 aromatic heterocycles. The lowest BCUT2D eigenvalue weighted by atomic mass is 9.99. The van der Waals surface area contributed by atoms with Crippen LogP contribution in [-0.4, -0.2) is 9.67 Å². The second-order valence-corrected chi connectivity index (χ2v) is 5.19. The molecule has 5 heteroatoms. The fraction of sp³-hybridized carbons (Fsp3) is 0.267. The highest BCUT2D eigenvalue weighted by atomic mass is 19.1. The van der Waals surface area contributed by atoms with Gasteiger partial charge in [0, 0.05) is 23.5 Å². The highest BCUT2D eigenvalue weighted by molar-refractivity contribution is 5.39. The van der Waals surface area contributed by atoms with Crippen LogP contribution >= 0.6 is 0 Å². The Morgan fingerprint density at radius 1 is 1.20 bits per heavy atom. The molecule has 3 nitrogen and oxygen atoms in total. The normalized spacial score (nSPS) is 11.7. The first-order chi connectivity index (χ1) is 9.21. The summed E-state index contributed by atoms with van der Waals surface area (Å²) >= 11 is 0. The van der Waals surface area contributed by atoms with E-state index in [2.05, 4.69) is 0 Å². The maximum atomic E-state index is 13.8. The summed E-state index contributed by atoms with van der Waals surface area (Å²) in [5, 5.41) is 9.97. The van der Waals surface area contributed by atoms with Crippen molar-refractivity contribution in [3.8, 4) is 5.69 Å². The number of para-hydroxylation sites is 1. The molecule has 1 N–H and O–H groups in total. The zero-order valence-corrected chi connectivity index (χ0v) is 11.4. The maximum Gasteiger partial charge on any atom is 0.187 e. The number of halogens is 2. The van der Waals surface area contributed by atoms with E-state index in [4.69, 9.17) is 0 Å². The Hall–Kier alpha value is -2.01. The van der Waals surface area contributed by atoms with Crippen molar-refractivity contribution in [2.24, 2.45) is 0 Å². The van der Waals surface area contributed by atoms with E-state index in [1.165, 1.54) is 36.7 Å². The lowest BCUT2D eigenvalue weighted by molar-refractivity contribution is 0.0769. The quantitative estimate of drug-likeness (QED) is 0.918. The molecule has 2 rings (SSSR count). The standard InChI is InChI=1S/C15H15F2NO2/c1-9-7-13(19)10(15(2,3)20)8-18(9)14-11(16)5-4-6-12(14)17/h4-8,20H,1-3H3. The number of rotatable bonds is 2. The van der Waals surface area contributed by atoms with Crippen molar-refractivity contribution in [3.63, 3.8) is 0 Å². The fourth-order valence-corrected chi connectivity index (χ4v) is 2.05. The minimum atomic E-state index is -1.39. The summed E-state index contributed by atoms with van der Waals surface area (Å²) in [7, 11) is 0. The predicted octanol–water partition coefficient (Wildman–Crippen LogP) is 2.65. The van der Waals surface area contributed by atoms with Crippen LogP contribution in [0.1, 0.15) is 25.1 Å². The third kappa shape index (κ3) is 2.49. The maximum absolute atomic E-state index is 13.8. The first-order valence-electron chi connectivity index (χ1n) is 6.12. The van der Waals surface area contributed by atoms with Crippen molar-refractivity contribution in [2.45, 2.75) is 26.4 Å². The molecule has 0 aliphatic heterocycles. The number of aliphatic hydroxyl groups is 1. The van der Waals surface area contributed by atoms with Gasteiger partial charge in [-0.1, -0.05) is 6.07 Å². The Bertz CT molecular complexity index is 695. The number of hydrogen-bond donors (Lipinski definition) is 1. The van der Waals surface area contributed by atoms with Crippen LogP contribution in [0.15, 0.2) is 35.3 Å². The van der Waals surface area contributed by atoms with Crippen LogP contribution in [0.25, 0.3) is 5.69 Å². The molecule has 0 saturated heterocycles. The van der Waals surface area contributed by atoms with Gasteiger partial charge < -0.3 is 9.67 Å². The molecule has 1 heterocycles. The molecular weight excluding hydrogens is 264 g/mol.